The van der Waals surface area contributed by atoms with Crippen LogP contribution in [0.25, 0.3) is 11.3 Å². The SMILES string of the molecule is Cc1cccc(-c2nc(C)nc(N3CCSCC3)c2N)c1. The minimum Gasteiger partial charge on any atom is -0.394 e. The molecule has 21 heavy (non-hydrogen) atoms. The van der Waals surface area contributed by atoms with Crippen molar-refractivity contribution in [3.8, 4) is 11.3 Å². The molecule has 0 radical (unpaired) electrons. The predicted octanol–water partition coefficient (Wildman–Crippen LogP) is 2.90. The summed E-state index contributed by atoms with van der Waals surface area (Å²) in [6, 6.07) is 8.30. The van der Waals surface area contributed by atoms with Crippen LogP contribution in [0, 0.1) is 13.8 Å². The summed E-state index contributed by atoms with van der Waals surface area (Å²) in [6.45, 7) is 6.01. The Morgan fingerprint density at radius 2 is 1.90 bits per heavy atom. The van der Waals surface area contributed by atoms with Gasteiger partial charge in [0.05, 0.1) is 5.69 Å². The highest BCUT2D eigenvalue weighted by atomic mass is 32.2. The monoisotopic (exact) mass is 300 g/mol. The van der Waals surface area contributed by atoms with Gasteiger partial charge >= 0.3 is 0 Å². The lowest BCUT2D eigenvalue weighted by molar-refractivity contribution is 0.831. The van der Waals surface area contributed by atoms with E-state index < -0.39 is 0 Å². The summed E-state index contributed by atoms with van der Waals surface area (Å²) in [5.74, 6) is 3.91. The summed E-state index contributed by atoms with van der Waals surface area (Å²) >= 11 is 1.98. The van der Waals surface area contributed by atoms with Crippen LogP contribution in [0.3, 0.4) is 0 Å². The van der Waals surface area contributed by atoms with Crippen LogP contribution in [0.5, 0.6) is 0 Å². The van der Waals surface area contributed by atoms with Gasteiger partial charge in [-0.3, -0.25) is 0 Å². The average Bonchev–Trinajstić information content (AvgIpc) is 2.50. The number of nitrogens with zero attached hydrogens (tertiary/aromatic N) is 3. The molecule has 1 aromatic heterocycles. The number of hydrogen-bond donors (Lipinski definition) is 1. The van der Waals surface area contributed by atoms with Crippen molar-refractivity contribution in [3.63, 3.8) is 0 Å². The number of rotatable bonds is 2. The smallest absolute Gasteiger partial charge is 0.156 e. The molecule has 2 aromatic rings. The maximum absolute atomic E-state index is 6.39. The van der Waals surface area contributed by atoms with Crippen molar-refractivity contribution in [2.45, 2.75) is 13.8 Å². The van der Waals surface area contributed by atoms with Crippen LogP contribution in [0.1, 0.15) is 11.4 Å². The second-order valence-electron chi connectivity index (χ2n) is 5.33. The van der Waals surface area contributed by atoms with E-state index in [9.17, 15) is 0 Å². The Morgan fingerprint density at radius 1 is 1.14 bits per heavy atom. The molecule has 1 aliphatic heterocycles. The molecule has 0 atom stereocenters. The van der Waals surface area contributed by atoms with Gasteiger partial charge in [-0.25, -0.2) is 9.97 Å². The first-order valence-corrected chi connectivity index (χ1v) is 8.34. The van der Waals surface area contributed by atoms with Crippen molar-refractivity contribution in [3.05, 3.63) is 35.7 Å². The topological polar surface area (TPSA) is 55.0 Å². The Hall–Kier alpha value is -1.75. The Labute approximate surface area is 129 Å². The third-order valence-electron chi connectivity index (χ3n) is 3.64. The Bertz CT molecular complexity index is 651. The average molecular weight is 300 g/mol. The molecule has 0 spiro atoms. The maximum Gasteiger partial charge on any atom is 0.156 e. The molecule has 1 fully saturated rings. The van der Waals surface area contributed by atoms with Gasteiger partial charge in [-0.2, -0.15) is 11.8 Å². The molecule has 2 heterocycles. The van der Waals surface area contributed by atoms with E-state index in [1.165, 1.54) is 5.56 Å². The summed E-state index contributed by atoms with van der Waals surface area (Å²) in [5, 5.41) is 0. The molecule has 0 saturated carbocycles. The highest BCUT2D eigenvalue weighted by molar-refractivity contribution is 7.99. The molecule has 5 heteroatoms. The Kier molecular flexibility index (Phi) is 4.01. The fraction of sp³-hybridized carbons (Fsp3) is 0.375. The number of benzene rings is 1. The van der Waals surface area contributed by atoms with Crippen molar-refractivity contribution >= 4 is 23.3 Å². The number of nitrogens with two attached hydrogens (primary N) is 1. The summed E-state index contributed by atoms with van der Waals surface area (Å²) in [5.41, 5.74) is 10.2. The summed E-state index contributed by atoms with van der Waals surface area (Å²) in [7, 11) is 0. The minimum absolute atomic E-state index is 0.693. The first-order valence-electron chi connectivity index (χ1n) is 7.19. The van der Waals surface area contributed by atoms with Crippen molar-refractivity contribution in [2.24, 2.45) is 0 Å². The standard InChI is InChI=1S/C16H20N4S/c1-11-4-3-5-13(10-11)15-14(17)16(19-12(2)18-15)20-6-8-21-9-7-20/h3-5,10H,6-9,17H2,1-2H3. The van der Waals surface area contributed by atoms with E-state index in [4.69, 9.17) is 5.73 Å². The number of nitrogen functional groups attached to an aromatic ring is 1. The van der Waals surface area contributed by atoms with Gasteiger partial charge in [-0.15, -0.1) is 0 Å². The highest BCUT2D eigenvalue weighted by Crippen LogP contribution is 2.32. The third kappa shape index (κ3) is 2.97. The van der Waals surface area contributed by atoms with Gasteiger partial charge in [-0.1, -0.05) is 23.8 Å². The summed E-state index contributed by atoms with van der Waals surface area (Å²) in [4.78, 5) is 11.4. The van der Waals surface area contributed by atoms with Gasteiger partial charge in [-0.05, 0) is 19.9 Å². The van der Waals surface area contributed by atoms with E-state index in [-0.39, 0.29) is 0 Å². The lowest BCUT2D eigenvalue weighted by atomic mass is 10.1. The van der Waals surface area contributed by atoms with E-state index in [2.05, 4.69) is 40.0 Å². The number of hydrogen-bond acceptors (Lipinski definition) is 5. The van der Waals surface area contributed by atoms with Gasteiger partial charge in [0, 0.05) is 30.2 Å². The zero-order valence-electron chi connectivity index (χ0n) is 12.5. The first-order chi connectivity index (χ1) is 10.1. The van der Waals surface area contributed by atoms with Gasteiger partial charge in [0.1, 0.15) is 11.5 Å². The molecule has 1 saturated heterocycles. The Balaban J connectivity index is 2.07. The van der Waals surface area contributed by atoms with Crippen LogP contribution in [0.15, 0.2) is 24.3 Å². The van der Waals surface area contributed by atoms with E-state index in [1.54, 1.807) is 0 Å². The lowest BCUT2D eigenvalue weighted by Gasteiger charge is -2.29. The molecular formula is C16H20N4S. The van der Waals surface area contributed by atoms with E-state index >= 15 is 0 Å². The molecule has 0 amide bonds. The van der Waals surface area contributed by atoms with Crippen LogP contribution >= 0.6 is 11.8 Å². The number of thioether (sulfide) groups is 1. The minimum atomic E-state index is 0.693. The van der Waals surface area contributed by atoms with Gasteiger partial charge < -0.3 is 10.6 Å². The molecule has 110 valence electrons. The molecule has 2 N–H and O–H groups in total. The zero-order chi connectivity index (χ0) is 14.8. The number of aromatic nitrogens is 2. The summed E-state index contributed by atoms with van der Waals surface area (Å²) in [6.07, 6.45) is 0. The lowest BCUT2D eigenvalue weighted by Crippen LogP contribution is -2.34. The number of aryl methyl sites for hydroxylation is 2. The van der Waals surface area contributed by atoms with Crippen molar-refractivity contribution < 1.29 is 0 Å². The molecular weight excluding hydrogens is 280 g/mol. The fourth-order valence-corrected chi connectivity index (χ4v) is 3.50. The Morgan fingerprint density at radius 3 is 2.62 bits per heavy atom. The molecule has 0 bridgehead atoms. The molecule has 1 aromatic carbocycles. The van der Waals surface area contributed by atoms with E-state index in [0.29, 0.717) is 5.69 Å². The molecule has 3 rings (SSSR count). The normalized spacial score (nSPS) is 15.2. The largest absolute Gasteiger partial charge is 0.394 e. The molecule has 4 nitrogen and oxygen atoms in total. The van der Waals surface area contributed by atoms with Crippen molar-refractivity contribution in [1.82, 2.24) is 9.97 Å². The van der Waals surface area contributed by atoms with Crippen LogP contribution in [0.4, 0.5) is 11.5 Å². The van der Waals surface area contributed by atoms with Gasteiger partial charge in [0.25, 0.3) is 0 Å². The van der Waals surface area contributed by atoms with Crippen molar-refractivity contribution in [2.75, 3.05) is 35.2 Å². The van der Waals surface area contributed by atoms with E-state index in [1.807, 2.05) is 24.8 Å². The molecule has 1 aliphatic rings. The first kappa shape index (κ1) is 14.2. The number of anilines is 2. The molecule has 0 unspecified atom stereocenters. The van der Waals surface area contributed by atoms with Gasteiger partial charge in [0.2, 0.25) is 0 Å². The zero-order valence-corrected chi connectivity index (χ0v) is 13.3. The summed E-state index contributed by atoms with van der Waals surface area (Å²) < 4.78 is 0. The molecule has 0 aliphatic carbocycles. The quantitative estimate of drug-likeness (QED) is 0.924. The van der Waals surface area contributed by atoms with Crippen LogP contribution in [-0.2, 0) is 0 Å². The second kappa shape index (κ2) is 5.93. The third-order valence-corrected chi connectivity index (χ3v) is 4.58. The fourth-order valence-electron chi connectivity index (χ4n) is 2.60. The van der Waals surface area contributed by atoms with Crippen molar-refractivity contribution in [1.29, 1.82) is 0 Å². The second-order valence-corrected chi connectivity index (χ2v) is 6.55. The maximum atomic E-state index is 6.39. The predicted molar refractivity (Wildman–Crippen MR) is 90.9 cm³/mol. The van der Waals surface area contributed by atoms with Crippen LogP contribution < -0.4 is 10.6 Å². The van der Waals surface area contributed by atoms with Gasteiger partial charge in [0.15, 0.2) is 5.82 Å². The van der Waals surface area contributed by atoms with Crippen LogP contribution in [-0.4, -0.2) is 34.6 Å². The van der Waals surface area contributed by atoms with Crippen LogP contribution in [0.2, 0.25) is 0 Å². The van der Waals surface area contributed by atoms with E-state index in [0.717, 1.165) is 47.5 Å². The highest BCUT2D eigenvalue weighted by Gasteiger charge is 2.19.